The molecule has 6 heteroatoms. The normalized spacial score (nSPS) is 14.7. The van der Waals surface area contributed by atoms with Crippen LogP contribution in [0.15, 0.2) is 83.8 Å². The number of sulfonamides is 1. The molecule has 2 N–H and O–H groups in total. The number of carbonyl (C=O) groups is 1. The number of aryl methyl sites for hydroxylation is 1. The highest BCUT2D eigenvalue weighted by Crippen LogP contribution is 2.41. The third-order valence-corrected chi connectivity index (χ3v) is 7.01. The summed E-state index contributed by atoms with van der Waals surface area (Å²) in [5, 5.41) is 3.13. The molecule has 0 unspecified atom stereocenters. The van der Waals surface area contributed by atoms with Gasteiger partial charge in [-0.25, -0.2) is 13.1 Å². The van der Waals surface area contributed by atoms with Crippen molar-refractivity contribution < 1.29 is 13.2 Å². The Morgan fingerprint density at radius 2 is 1.61 bits per heavy atom. The molecular formula is C25H26N2O3S. The van der Waals surface area contributed by atoms with Gasteiger partial charge in [-0.2, -0.15) is 0 Å². The molecule has 1 fully saturated rings. The monoisotopic (exact) mass is 434 g/mol. The second-order valence-corrected chi connectivity index (χ2v) is 9.75. The lowest BCUT2D eigenvalue weighted by Gasteiger charge is -2.20. The largest absolute Gasteiger partial charge is 0.345 e. The number of amides is 1. The van der Waals surface area contributed by atoms with Gasteiger partial charge in [-0.1, -0.05) is 66.7 Å². The second kappa shape index (κ2) is 9.04. The molecule has 0 radical (unpaired) electrons. The van der Waals surface area contributed by atoms with Crippen molar-refractivity contribution in [3.8, 4) is 0 Å². The molecule has 5 nitrogen and oxygen atoms in total. The summed E-state index contributed by atoms with van der Waals surface area (Å²) in [5.41, 5.74) is 3.06. The van der Waals surface area contributed by atoms with Crippen LogP contribution in [0.4, 0.5) is 0 Å². The highest BCUT2D eigenvalue weighted by molar-refractivity contribution is 7.89. The Kier molecular flexibility index (Phi) is 6.20. The second-order valence-electron chi connectivity index (χ2n) is 7.99. The van der Waals surface area contributed by atoms with Crippen molar-refractivity contribution in [2.24, 2.45) is 5.92 Å². The number of benzene rings is 3. The standard InChI is InChI=1S/C25H26N2O3S/c1-18-12-15-22(31(29,30)26-17-19-8-4-2-5-9-19)16-23(18)25(28)27-24(21-13-14-21)20-10-6-3-7-11-20/h2-12,15-16,21,24,26H,13-14,17H2,1H3,(H,27,28)/t24-/m1/s1. The molecule has 1 aliphatic rings. The van der Waals surface area contributed by atoms with Crippen LogP contribution >= 0.6 is 0 Å². The Labute approximate surface area is 183 Å². The minimum atomic E-state index is -3.75. The Bertz CT molecular complexity index is 1160. The number of hydrogen-bond acceptors (Lipinski definition) is 3. The molecular weight excluding hydrogens is 408 g/mol. The van der Waals surface area contributed by atoms with E-state index >= 15 is 0 Å². The maximum atomic E-state index is 13.1. The molecule has 4 rings (SSSR count). The fraction of sp³-hybridized carbons (Fsp3) is 0.240. The number of nitrogens with one attached hydrogen (secondary N) is 2. The van der Waals surface area contributed by atoms with E-state index in [2.05, 4.69) is 10.0 Å². The van der Waals surface area contributed by atoms with Crippen LogP contribution in [0.2, 0.25) is 0 Å². The van der Waals surface area contributed by atoms with Gasteiger partial charge >= 0.3 is 0 Å². The minimum absolute atomic E-state index is 0.0652. The van der Waals surface area contributed by atoms with E-state index in [1.165, 1.54) is 12.1 Å². The van der Waals surface area contributed by atoms with Crippen LogP contribution in [0.5, 0.6) is 0 Å². The van der Waals surface area contributed by atoms with Gasteiger partial charge in [0, 0.05) is 12.1 Å². The minimum Gasteiger partial charge on any atom is -0.345 e. The van der Waals surface area contributed by atoms with Crippen molar-refractivity contribution in [3.05, 3.63) is 101 Å². The molecule has 3 aromatic rings. The highest BCUT2D eigenvalue weighted by atomic mass is 32.2. The van der Waals surface area contributed by atoms with Gasteiger partial charge in [0.05, 0.1) is 10.9 Å². The molecule has 1 amide bonds. The Hall–Kier alpha value is -2.96. The van der Waals surface area contributed by atoms with Gasteiger partial charge in [-0.15, -0.1) is 0 Å². The van der Waals surface area contributed by atoms with Crippen LogP contribution in [0, 0.1) is 12.8 Å². The van der Waals surface area contributed by atoms with Gasteiger partial charge in [0.2, 0.25) is 10.0 Å². The predicted octanol–water partition coefficient (Wildman–Crippen LogP) is 4.35. The fourth-order valence-electron chi connectivity index (χ4n) is 3.65. The Morgan fingerprint density at radius 3 is 2.26 bits per heavy atom. The molecule has 0 aliphatic heterocycles. The zero-order valence-corrected chi connectivity index (χ0v) is 18.2. The highest BCUT2D eigenvalue weighted by Gasteiger charge is 2.33. The summed E-state index contributed by atoms with van der Waals surface area (Å²) < 4.78 is 28.2. The van der Waals surface area contributed by atoms with E-state index in [1.807, 2.05) is 67.6 Å². The third-order valence-electron chi connectivity index (χ3n) is 5.61. The topological polar surface area (TPSA) is 75.3 Å². The summed E-state index contributed by atoms with van der Waals surface area (Å²) in [6, 6.07) is 23.9. The molecule has 0 spiro atoms. The summed E-state index contributed by atoms with van der Waals surface area (Å²) in [7, 11) is -3.75. The zero-order valence-electron chi connectivity index (χ0n) is 17.4. The average Bonchev–Trinajstić information content (AvgIpc) is 3.63. The van der Waals surface area contributed by atoms with Gasteiger partial charge in [0.15, 0.2) is 0 Å². The van der Waals surface area contributed by atoms with Gasteiger partial charge in [-0.05, 0) is 54.5 Å². The summed E-state index contributed by atoms with van der Waals surface area (Å²) in [4.78, 5) is 13.2. The van der Waals surface area contributed by atoms with Crippen LogP contribution in [-0.4, -0.2) is 14.3 Å². The Balaban J connectivity index is 1.53. The number of rotatable bonds is 8. The van der Waals surface area contributed by atoms with Crippen molar-refractivity contribution in [2.45, 2.75) is 37.2 Å². The van der Waals surface area contributed by atoms with E-state index < -0.39 is 10.0 Å². The lowest BCUT2D eigenvalue weighted by molar-refractivity contribution is 0.0931. The van der Waals surface area contributed by atoms with Crippen molar-refractivity contribution in [2.75, 3.05) is 0 Å². The first kappa shape index (κ1) is 21.3. The van der Waals surface area contributed by atoms with Crippen molar-refractivity contribution in [3.63, 3.8) is 0 Å². The van der Waals surface area contributed by atoms with Gasteiger partial charge in [0.1, 0.15) is 0 Å². The molecule has 0 aromatic heterocycles. The van der Waals surface area contributed by atoms with E-state index in [9.17, 15) is 13.2 Å². The van der Waals surface area contributed by atoms with Crippen molar-refractivity contribution in [1.29, 1.82) is 0 Å². The van der Waals surface area contributed by atoms with Crippen LogP contribution in [0.3, 0.4) is 0 Å². The molecule has 0 heterocycles. The van der Waals surface area contributed by atoms with Crippen LogP contribution < -0.4 is 10.0 Å². The summed E-state index contributed by atoms with van der Waals surface area (Å²) in [6.45, 7) is 2.01. The third kappa shape index (κ3) is 5.21. The molecule has 3 aromatic carbocycles. The summed E-state index contributed by atoms with van der Waals surface area (Å²) in [5.74, 6) is 0.171. The fourth-order valence-corrected chi connectivity index (χ4v) is 4.70. The maximum Gasteiger partial charge on any atom is 0.252 e. The molecule has 160 valence electrons. The van der Waals surface area contributed by atoms with Crippen molar-refractivity contribution in [1.82, 2.24) is 10.0 Å². The summed E-state index contributed by atoms with van der Waals surface area (Å²) in [6.07, 6.45) is 2.16. The van der Waals surface area contributed by atoms with Crippen LogP contribution in [0.25, 0.3) is 0 Å². The first-order chi connectivity index (χ1) is 14.9. The molecule has 1 saturated carbocycles. The molecule has 1 aliphatic carbocycles. The SMILES string of the molecule is Cc1ccc(S(=O)(=O)NCc2ccccc2)cc1C(=O)N[C@H](c1ccccc1)C1CC1. The smallest absolute Gasteiger partial charge is 0.252 e. The molecule has 1 atom stereocenters. The van der Waals surface area contributed by atoms with E-state index in [1.54, 1.807) is 6.07 Å². The molecule has 0 saturated heterocycles. The lowest BCUT2D eigenvalue weighted by Crippen LogP contribution is -2.31. The maximum absolute atomic E-state index is 13.1. The molecule has 0 bridgehead atoms. The van der Waals surface area contributed by atoms with E-state index in [0.717, 1.165) is 29.5 Å². The quantitative estimate of drug-likeness (QED) is 0.553. The lowest BCUT2D eigenvalue weighted by atomic mass is 10.0. The van der Waals surface area contributed by atoms with E-state index in [0.29, 0.717) is 11.5 Å². The van der Waals surface area contributed by atoms with E-state index in [-0.39, 0.29) is 23.4 Å². The first-order valence-electron chi connectivity index (χ1n) is 10.4. The van der Waals surface area contributed by atoms with Crippen LogP contribution in [0.1, 0.15) is 45.9 Å². The van der Waals surface area contributed by atoms with E-state index in [4.69, 9.17) is 0 Å². The zero-order chi connectivity index (χ0) is 21.8. The average molecular weight is 435 g/mol. The van der Waals surface area contributed by atoms with Crippen molar-refractivity contribution >= 4 is 15.9 Å². The van der Waals surface area contributed by atoms with Gasteiger partial charge in [0.25, 0.3) is 5.91 Å². The van der Waals surface area contributed by atoms with Gasteiger partial charge < -0.3 is 5.32 Å². The van der Waals surface area contributed by atoms with Crippen LogP contribution in [-0.2, 0) is 16.6 Å². The first-order valence-corrected chi connectivity index (χ1v) is 11.9. The number of carbonyl (C=O) groups excluding carboxylic acids is 1. The molecule has 31 heavy (non-hydrogen) atoms. The summed E-state index contributed by atoms with van der Waals surface area (Å²) >= 11 is 0. The van der Waals surface area contributed by atoms with Gasteiger partial charge in [-0.3, -0.25) is 4.79 Å². The predicted molar refractivity (Wildman–Crippen MR) is 121 cm³/mol. The number of hydrogen-bond donors (Lipinski definition) is 2. The Morgan fingerprint density at radius 1 is 0.968 bits per heavy atom.